The third-order valence-electron chi connectivity index (χ3n) is 2.39. The van der Waals surface area contributed by atoms with Gasteiger partial charge in [0.05, 0.1) is 13.7 Å². The van der Waals surface area contributed by atoms with Crippen molar-refractivity contribution < 1.29 is 19.4 Å². The number of benzene rings is 1. The predicted octanol–water partition coefficient (Wildman–Crippen LogP) is 2.07. The Morgan fingerprint density at radius 2 is 2.00 bits per heavy atom. The molecule has 1 aromatic rings. The molecule has 4 nitrogen and oxygen atoms in total. The third-order valence-corrected chi connectivity index (χ3v) is 2.39. The molecule has 0 aromatic heterocycles. The fourth-order valence-electron chi connectivity index (χ4n) is 1.33. The van der Waals surface area contributed by atoms with Crippen LogP contribution in [0.5, 0.6) is 5.75 Å². The fourth-order valence-corrected chi connectivity index (χ4v) is 1.33. The summed E-state index contributed by atoms with van der Waals surface area (Å²) in [5.41, 5.74) is 0.500. The molecule has 0 amide bonds. The summed E-state index contributed by atoms with van der Waals surface area (Å²) < 4.78 is 9.93. The first-order valence-electron chi connectivity index (χ1n) is 5.67. The van der Waals surface area contributed by atoms with Crippen molar-refractivity contribution >= 4 is 5.97 Å². The van der Waals surface area contributed by atoms with Crippen molar-refractivity contribution in [2.45, 2.75) is 25.9 Å². The summed E-state index contributed by atoms with van der Waals surface area (Å²) in [5, 5.41) is 9.58. The fraction of sp³-hybridized carbons (Fsp3) is 0.462. The normalized spacial score (nSPS) is 11.9. The molecule has 94 valence electrons. The largest absolute Gasteiger partial charge is 0.494 e. The van der Waals surface area contributed by atoms with Crippen LogP contribution in [0.3, 0.4) is 0 Å². The van der Waals surface area contributed by atoms with E-state index in [9.17, 15) is 9.90 Å². The molecular weight excluding hydrogens is 220 g/mol. The highest BCUT2D eigenvalue weighted by molar-refractivity contribution is 5.76. The van der Waals surface area contributed by atoms with Gasteiger partial charge in [0.25, 0.3) is 0 Å². The van der Waals surface area contributed by atoms with Crippen molar-refractivity contribution in [1.82, 2.24) is 0 Å². The minimum absolute atomic E-state index is 0.500. The van der Waals surface area contributed by atoms with Crippen molar-refractivity contribution in [3.8, 4) is 5.75 Å². The monoisotopic (exact) mass is 238 g/mol. The molecule has 17 heavy (non-hydrogen) atoms. The van der Waals surface area contributed by atoms with Crippen molar-refractivity contribution in [1.29, 1.82) is 0 Å². The van der Waals surface area contributed by atoms with E-state index in [0.29, 0.717) is 12.2 Å². The summed E-state index contributed by atoms with van der Waals surface area (Å²) in [6.45, 7) is 2.77. The summed E-state index contributed by atoms with van der Waals surface area (Å²) in [6.07, 6.45) is 0.857. The number of methoxy groups -OCH3 is 1. The van der Waals surface area contributed by atoms with Gasteiger partial charge in [0.1, 0.15) is 5.75 Å². The topological polar surface area (TPSA) is 55.8 Å². The SMILES string of the molecule is CCCCOc1ccc(C(O)C(=O)OC)cc1. The number of ether oxygens (including phenoxy) is 2. The quantitative estimate of drug-likeness (QED) is 0.609. The van der Waals surface area contributed by atoms with Gasteiger partial charge in [0.15, 0.2) is 6.10 Å². The van der Waals surface area contributed by atoms with Crippen molar-refractivity contribution in [2.24, 2.45) is 0 Å². The zero-order valence-corrected chi connectivity index (χ0v) is 10.2. The predicted molar refractivity (Wildman–Crippen MR) is 63.8 cm³/mol. The first-order chi connectivity index (χ1) is 8.19. The summed E-state index contributed by atoms with van der Waals surface area (Å²) in [6, 6.07) is 6.78. The molecule has 4 heteroatoms. The molecule has 0 aliphatic carbocycles. The number of hydrogen-bond donors (Lipinski definition) is 1. The molecule has 0 spiro atoms. The van der Waals surface area contributed by atoms with Crippen LogP contribution in [0.1, 0.15) is 31.4 Å². The molecule has 1 N–H and O–H groups in total. The zero-order valence-electron chi connectivity index (χ0n) is 10.2. The Labute approximate surface area is 101 Å². The number of aliphatic hydroxyl groups is 1. The van der Waals surface area contributed by atoms with Crippen LogP contribution in [0, 0.1) is 0 Å². The van der Waals surface area contributed by atoms with Crippen LogP contribution < -0.4 is 4.74 Å². The van der Waals surface area contributed by atoms with E-state index in [1.807, 2.05) is 0 Å². The number of carbonyl (C=O) groups excluding carboxylic acids is 1. The second-order valence-electron chi connectivity index (χ2n) is 3.70. The molecule has 0 saturated carbocycles. The van der Waals surface area contributed by atoms with Gasteiger partial charge in [-0.3, -0.25) is 0 Å². The summed E-state index contributed by atoms with van der Waals surface area (Å²) in [5.74, 6) is 0.0731. The molecule has 1 unspecified atom stereocenters. The van der Waals surface area contributed by atoms with Crippen LogP contribution in [0.25, 0.3) is 0 Å². The standard InChI is InChI=1S/C13H18O4/c1-3-4-9-17-11-7-5-10(6-8-11)12(14)13(15)16-2/h5-8,12,14H,3-4,9H2,1-2H3. The van der Waals surface area contributed by atoms with E-state index < -0.39 is 12.1 Å². The van der Waals surface area contributed by atoms with Crippen LogP contribution in [0.4, 0.5) is 0 Å². The van der Waals surface area contributed by atoms with Gasteiger partial charge in [-0.05, 0) is 24.1 Å². The lowest BCUT2D eigenvalue weighted by atomic mass is 10.1. The van der Waals surface area contributed by atoms with E-state index in [0.717, 1.165) is 18.6 Å². The number of esters is 1. The smallest absolute Gasteiger partial charge is 0.339 e. The first-order valence-corrected chi connectivity index (χ1v) is 5.67. The number of carbonyl (C=O) groups is 1. The van der Waals surface area contributed by atoms with E-state index in [1.54, 1.807) is 24.3 Å². The summed E-state index contributed by atoms with van der Waals surface area (Å²) in [7, 11) is 1.24. The minimum Gasteiger partial charge on any atom is -0.494 e. The van der Waals surface area contributed by atoms with Gasteiger partial charge in [0.2, 0.25) is 0 Å². The Morgan fingerprint density at radius 3 is 2.53 bits per heavy atom. The lowest BCUT2D eigenvalue weighted by Gasteiger charge is -2.10. The molecular formula is C13H18O4. The van der Waals surface area contributed by atoms with Gasteiger partial charge in [-0.25, -0.2) is 4.79 Å². The van der Waals surface area contributed by atoms with Crippen LogP contribution in [0.15, 0.2) is 24.3 Å². The zero-order chi connectivity index (χ0) is 12.7. The molecule has 0 heterocycles. The number of rotatable bonds is 6. The molecule has 0 fully saturated rings. The maximum atomic E-state index is 11.1. The van der Waals surface area contributed by atoms with Gasteiger partial charge in [-0.1, -0.05) is 25.5 Å². The highest BCUT2D eigenvalue weighted by atomic mass is 16.5. The van der Waals surface area contributed by atoms with E-state index in [1.165, 1.54) is 7.11 Å². The molecule has 1 atom stereocenters. The maximum absolute atomic E-state index is 11.1. The first kappa shape index (κ1) is 13.5. The second-order valence-corrected chi connectivity index (χ2v) is 3.70. The molecule has 0 radical (unpaired) electrons. The van der Waals surface area contributed by atoms with E-state index in [2.05, 4.69) is 11.7 Å². The molecule has 0 aliphatic rings. The Bertz CT molecular complexity index is 345. The Kier molecular flexibility index (Phi) is 5.49. The number of hydrogen-bond acceptors (Lipinski definition) is 4. The van der Waals surface area contributed by atoms with Crippen LogP contribution in [-0.4, -0.2) is 24.8 Å². The molecule has 0 saturated heterocycles. The van der Waals surface area contributed by atoms with Gasteiger partial charge in [0, 0.05) is 0 Å². The van der Waals surface area contributed by atoms with Crippen LogP contribution >= 0.6 is 0 Å². The van der Waals surface area contributed by atoms with Crippen molar-refractivity contribution in [2.75, 3.05) is 13.7 Å². The Balaban J connectivity index is 2.58. The summed E-state index contributed by atoms with van der Waals surface area (Å²) >= 11 is 0. The van der Waals surface area contributed by atoms with E-state index in [4.69, 9.17) is 4.74 Å². The van der Waals surface area contributed by atoms with Crippen molar-refractivity contribution in [3.63, 3.8) is 0 Å². The minimum atomic E-state index is -1.23. The highest BCUT2D eigenvalue weighted by Gasteiger charge is 2.17. The van der Waals surface area contributed by atoms with Crippen LogP contribution in [0.2, 0.25) is 0 Å². The lowest BCUT2D eigenvalue weighted by Crippen LogP contribution is -2.13. The van der Waals surface area contributed by atoms with Crippen LogP contribution in [-0.2, 0) is 9.53 Å². The van der Waals surface area contributed by atoms with E-state index in [-0.39, 0.29) is 0 Å². The second kappa shape index (κ2) is 6.91. The van der Waals surface area contributed by atoms with Crippen molar-refractivity contribution in [3.05, 3.63) is 29.8 Å². The van der Waals surface area contributed by atoms with E-state index >= 15 is 0 Å². The van der Waals surface area contributed by atoms with Gasteiger partial charge in [-0.15, -0.1) is 0 Å². The van der Waals surface area contributed by atoms with Gasteiger partial charge >= 0.3 is 5.97 Å². The average molecular weight is 238 g/mol. The van der Waals surface area contributed by atoms with Gasteiger partial charge in [-0.2, -0.15) is 0 Å². The van der Waals surface area contributed by atoms with Gasteiger partial charge < -0.3 is 14.6 Å². The molecule has 1 rings (SSSR count). The molecule has 1 aromatic carbocycles. The Morgan fingerprint density at radius 1 is 1.35 bits per heavy atom. The summed E-state index contributed by atoms with van der Waals surface area (Å²) in [4.78, 5) is 11.1. The lowest BCUT2D eigenvalue weighted by molar-refractivity contribution is -0.150. The molecule has 0 aliphatic heterocycles. The Hall–Kier alpha value is -1.55. The third kappa shape index (κ3) is 4.07. The average Bonchev–Trinajstić information content (AvgIpc) is 2.38. The highest BCUT2D eigenvalue weighted by Crippen LogP contribution is 2.18. The number of unbranched alkanes of at least 4 members (excludes halogenated alkanes) is 1. The number of aliphatic hydroxyl groups excluding tert-OH is 1. The maximum Gasteiger partial charge on any atom is 0.339 e. The molecule has 0 bridgehead atoms.